The fourth-order valence-electron chi connectivity index (χ4n) is 9.67. The number of rotatable bonds is 7. The lowest BCUT2D eigenvalue weighted by atomic mass is 9.94. The second-order valence-electron chi connectivity index (χ2n) is 16.5. The number of nitrogens with zero attached hydrogens (tertiary/aromatic N) is 1. The van der Waals surface area contributed by atoms with Crippen molar-refractivity contribution < 1.29 is 0 Å². The number of anilines is 3. The molecule has 0 aromatic heterocycles. The Kier molecular flexibility index (Phi) is 8.90. The Morgan fingerprint density at radius 2 is 0.587 bits per heavy atom. The maximum absolute atomic E-state index is 2.37. The lowest BCUT2D eigenvalue weighted by Crippen LogP contribution is -2.09. The van der Waals surface area contributed by atoms with Crippen molar-refractivity contribution in [2.24, 2.45) is 0 Å². The van der Waals surface area contributed by atoms with Gasteiger partial charge in [-0.2, -0.15) is 0 Å². The van der Waals surface area contributed by atoms with Gasteiger partial charge in [0.25, 0.3) is 0 Å². The van der Waals surface area contributed by atoms with E-state index < -0.39 is 0 Å². The molecule has 0 aliphatic heterocycles. The summed E-state index contributed by atoms with van der Waals surface area (Å²) < 4.78 is 0. The van der Waals surface area contributed by atoms with E-state index >= 15 is 0 Å². The van der Waals surface area contributed by atoms with E-state index in [4.69, 9.17) is 0 Å². The maximum atomic E-state index is 2.37. The largest absolute Gasteiger partial charge is 0.311 e. The molecule has 63 heavy (non-hydrogen) atoms. The minimum Gasteiger partial charge on any atom is -0.311 e. The van der Waals surface area contributed by atoms with Crippen LogP contribution in [-0.2, 0) is 0 Å². The highest BCUT2D eigenvalue weighted by Crippen LogP contribution is 2.40. The number of hydrogen-bond acceptors (Lipinski definition) is 1. The van der Waals surface area contributed by atoms with Gasteiger partial charge in [0.1, 0.15) is 0 Å². The van der Waals surface area contributed by atoms with Gasteiger partial charge in [0.15, 0.2) is 0 Å². The van der Waals surface area contributed by atoms with E-state index in [0.29, 0.717) is 0 Å². The van der Waals surface area contributed by atoms with Crippen LogP contribution in [0.2, 0.25) is 0 Å². The number of fused-ring (bicyclic) bond motifs is 7. The Hall–Kier alpha value is -8.26. The molecule has 0 bridgehead atoms. The first-order valence-corrected chi connectivity index (χ1v) is 21.7. The zero-order chi connectivity index (χ0) is 41.7. The van der Waals surface area contributed by atoms with Gasteiger partial charge in [0.05, 0.1) is 0 Å². The van der Waals surface area contributed by atoms with Gasteiger partial charge >= 0.3 is 0 Å². The van der Waals surface area contributed by atoms with Crippen molar-refractivity contribution in [2.75, 3.05) is 4.90 Å². The molecule has 0 amide bonds. The molecular weight excluding hydrogens is 759 g/mol. The summed E-state index contributed by atoms with van der Waals surface area (Å²) in [5.41, 5.74) is 13.0. The predicted molar refractivity (Wildman–Crippen MR) is 270 cm³/mol. The fourth-order valence-corrected chi connectivity index (χ4v) is 9.67. The quantitative estimate of drug-likeness (QED) is 0.145. The third-order valence-corrected chi connectivity index (χ3v) is 12.8. The Morgan fingerprint density at radius 1 is 0.190 bits per heavy atom. The molecule has 0 aliphatic carbocycles. The highest BCUT2D eigenvalue weighted by Gasteiger charge is 2.16. The van der Waals surface area contributed by atoms with Gasteiger partial charge in [0.2, 0.25) is 0 Å². The number of benzene rings is 12. The molecule has 0 unspecified atom stereocenters. The average molecular weight is 800 g/mol. The zero-order valence-electron chi connectivity index (χ0n) is 34.6. The van der Waals surface area contributed by atoms with Crippen LogP contribution >= 0.6 is 0 Å². The molecule has 0 atom stereocenters. The molecule has 0 aliphatic rings. The van der Waals surface area contributed by atoms with E-state index in [0.717, 1.165) is 17.1 Å². The topological polar surface area (TPSA) is 3.24 Å². The van der Waals surface area contributed by atoms with Gasteiger partial charge in [-0.1, -0.05) is 200 Å². The summed E-state index contributed by atoms with van der Waals surface area (Å²) in [6.45, 7) is 0. The van der Waals surface area contributed by atoms with Crippen molar-refractivity contribution in [1.82, 2.24) is 0 Å². The summed E-state index contributed by atoms with van der Waals surface area (Å²) in [6.07, 6.45) is 0. The SMILES string of the molecule is c1cc(-c2ccc(N(c3ccc(-c4ccc5c(ccc6ccccc65)c4)cc3)c3ccc(-c4cccc5c4ccc4ccccc45)cc3)cc2)cc(-c2cccc3ccccc23)c1. The summed E-state index contributed by atoms with van der Waals surface area (Å²) in [5, 5.41) is 12.7. The van der Waals surface area contributed by atoms with Crippen LogP contribution in [0.15, 0.2) is 249 Å². The fraction of sp³-hybridized carbons (Fsp3) is 0. The second-order valence-corrected chi connectivity index (χ2v) is 16.5. The molecule has 0 saturated carbocycles. The van der Waals surface area contributed by atoms with Crippen LogP contribution in [-0.4, -0.2) is 0 Å². The van der Waals surface area contributed by atoms with E-state index in [2.05, 4.69) is 254 Å². The standard InChI is InChI=1S/C62H41N/c1-4-16-55-44(10-1)13-8-19-59(55)50-15-7-14-48(40-50)42-24-32-52(33-25-42)63(53-34-26-43(27-35-53)49-31-38-60-51(41-49)23-22-45-11-2-5-17-56(45)60)54-36-28-47(29-37-54)58-20-9-21-61-57-18-6-3-12-46(57)30-39-62(58)61/h1-41H. The molecule has 1 heteroatoms. The Labute approximate surface area is 367 Å². The van der Waals surface area contributed by atoms with Crippen LogP contribution in [0, 0.1) is 0 Å². The lowest BCUT2D eigenvalue weighted by Gasteiger charge is -2.26. The second kappa shape index (κ2) is 15.3. The van der Waals surface area contributed by atoms with Gasteiger partial charge in [-0.3, -0.25) is 0 Å². The molecular formula is C62H41N. The molecule has 0 saturated heterocycles. The molecule has 0 fully saturated rings. The van der Waals surface area contributed by atoms with E-state index in [1.54, 1.807) is 0 Å². The zero-order valence-corrected chi connectivity index (χ0v) is 34.6. The summed E-state index contributed by atoms with van der Waals surface area (Å²) in [6, 6.07) is 91.0. The van der Waals surface area contributed by atoms with Crippen LogP contribution in [0.4, 0.5) is 17.1 Å². The monoisotopic (exact) mass is 799 g/mol. The van der Waals surface area contributed by atoms with E-state index in [9.17, 15) is 0 Å². The highest BCUT2D eigenvalue weighted by molar-refractivity contribution is 6.12. The van der Waals surface area contributed by atoms with Gasteiger partial charge in [-0.15, -0.1) is 0 Å². The Morgan fingerprint density at radius 3 is 1.25 bits per heavy atom. The average Bonchev–Trinajstić information content (AvgIpc) is 3.36. The molecule has 0 heterocycles. The van der Waals surface area contributed by atoms with Crippen molar-refractivity contribution in [1.29, 1.82) is 0 Å². The normalized spacial score (nSPS) is 11.5. The summed E-state index contributed by atoms with van der Waals surface area (Å²) in [4.78, 5) is 2.37. The van der Waals surface area contributed by atoms with Crippen LogP contribution in [0.5, 0.6) is 0 Å². The smallest absolute Gasteiger partial charge is 0.0462 e. The Balaban J connectivity index is 0.918. The van der Waals surface area contributed by atoms with Crippen molar-refractivity contribution in [2.45, 2.75) is 0 Å². The van der Waals surface area contributed by atoms with E-state index in [1.165, 1.54) is 98.4 Å². The van der Waals surface area contributed by atoms with Crippen molar-refractivity contribution in [3.05, 3.63) is 249 Å². The van der Waals surface area contributed by atoms with Gasteiger partial charge < -0.3 is 4.90 Å². The van der Waals surface area contributed by atoms with Crippen molar-refractivity contribution in [3.63, 3.8) is 0 Å². The highest BCUT2D eigenvalue weighted by atomic mass is 15.1. The molecule has 0 N–H and O–H groups in total. The Bertz CT molecular complexity index is 3650. The van der Waals surface area contributed by atoms with Crippen LogP contribution < -0.4 is 4.90 Å². The molecule has 12 rings (SSSR count). The van der Waals surface area contributed by atoms with Gasteiger partial charge in [-0.05, 0) is 147 Å². The van der Waals surface area contributed by atoms with Crippen LogP contribution in [0.3, 0.4) is 0 Å². The molecule has 12 aromatic carbocycles. The predicted octanol–water partition coefficient (Wildman–Crippen LogP) is 17.6. The van der Waals surface area contributed by atoms with E-state index in [-0.39, 0.29) is 0 Å². The minimum absolute atomic E-state index is 1.10. The van der Waals surface area contributed by atoms with Crippen molar-refractivity contribution in [3.8, 4) is 44.5 Å². The van der Waals surface area contributed by atoms with E-state index in [1.807, 2.05) is 0 Å². The van der Waals surface area contributed by atoms with Gasteiger partial charge in [-0.25, -0.2) is 0 Å². The molecule has 0 spiro atoms. The van der Waals surface area contributed by atoms with Crippen molar-refractivity contribution >= 4 is 70.9 Å². The first-order valence-electron chi connectivity index (χ1n) is 21.7. The first kappa shape index (κ1) is 36.6. The number of hydrogen-bond donors (Lipinski definition) is 0. The lowest BCUT2D eigenvalue weighted by molar-refractivity contribution is 1.28. The van der Waals surface area contributed by atoms with Crippen LogP contribution in [0.1, 0.15) is 0 Å². The molecule has 294 valence electrons. The summed E-state index contributed by atoms with van der Waals surface area (Å²) in [7, 11) is 0. The summed E-state index contributed by atoms with van der Waals surface area (Å²) >= 11 is 0. The molecule has 12 aromatic rings. The third kappa shape index (κ3) is 6.59. The first-order chi connectivity index (χ1) is 31.2. The summed E-state index contributed by atoms with van der Waals surface area (Å²) in [5.74, 6) is 0. The third-order valence-electron chi connectivity index (χ3n) is 12.8. The van der Waals surface area contributed by atoms with Crippen LogP contribution in [0.25, 0.3) is 98.4 Å². The molecule has 1 nitrogen and oxygen atoms in total. The molecule has 0 radical (unpaired) electrons. The minimum atomic E-state index is 1.10. The van der Waals surface area contributed by atoms with Gasteiger partial charge in [0, 0.05) is 17.1 Å². The maximum Gasteiger partial charge on any atom is 0.0462 e.